The van der Waals surface area contributed by atoms with E-state index in [-0.39, 0.29) is 23.0 Å². The Morgan fingerprint density at radius 3 is 2.00 bits per heavy atom. The SMILES string of the molecule is CCC(=O)N1C=CC(=C2C(=O)c3ccccc3C2=O)C=C1. The van der Waals surface area contributed by atoms with Gasteiger partial charge >= 0.3 is 0 Å². The average Bonchev–Trinajstić information content (AvgIpc) is 2.79. The molecule has 0 N–H and O–H groups in total. The lowest BCUT2D eigenvalue weighted by molar-refractivity contribution is -0.126. The number of ketones is 2. The predicted molar refractivity (Wildman–Crippen MR) is 77.5 cm³/mol. The lowest BCUT2D eigenvalue weighted by atomic mass is 10.0. The molecule has 3 rings (SSSR count). The summed E-state index contributed by atoms with van der Waals surface area (Å²) in [5.41, 5.74) is 1.60. The van der Waals surface area contributed by atoms with E-state index in [4.69, 9.17) is 0 Å². The third-order valence-corrected chi connectivity index (χ3v) is 3.58. The van der Waals surface area contributed by atoms with Crippen LogP contribution in [0.15, 0.2) is 60.0 Å². The van der Waals surface area contributed by atoms with Gasteiger partial charge in [-0.1, -0.05) is 31.2 Å². The number of allylic oxidation sites excluding steroid dienone is 4. The smallest absolute Gasteiger partial charge is 0.230 e. The van der Waals surface area contributed by atoms with Crippen LogP contribution in [0.25, 0.3) is 0 Å². The largest absolute Gasteiger partial charge is 0.295 e. The van der Waals surface area contributed by atoms with Gasteiger partial charge in [0.1, 0.15) is 0 Å². The molecule has 1 amide bonds. The average molecular weight is 279 g/mol. The molecule has 0 saturated carbocycles. The Hall–Kier alpha value is -2.75. The van der Waals surface area contributed by atoms with Crippen molar-refractivity contribution in [1.82, 2.24) is 4.90 Å². The van der Waals surface area contributed by atoms with Crippen molar-refractivity contribution in [2.45, 2.75) is 13.3 Å². The molecular weight excluding hydrogens is 266 g/mol. The normalized spacial score (nSPS) is 16.7. The number of carbonyl (C=O) groups is 3. The second-order valence-electron chi connectivity index (χ2n) is 4.82. The van der Waals surface area contributed by atoms with Crippen LogP contribution in [0.4, 0.5) is 0 Å². The van der Waals surface area contributed by atoms with Crippen LogP contribution < -0.4 is 0 Å². The Labute approximate surface area is 122 Å². The predicted octanol–water partition coefficient (Wildman–Crippen LogP) is 2.64. The maximum absolute atomic E-state index is 12.4. The van der Waals surface area contributed by atoms with Crippen molar-refractivity contribution in [1.29, 1.82) is 0 Å². The Balaban J connectivity index is 2.00. The van der Waals surface area contributed by atoms with Gasteiger partial charge in [-0.3, -0.25) is 19.3 Å². The molecule has 0 fully saturated rings. The van der Waals surface area contributed by atoms with Crippen LogP contribution in [0.1, 0.15) is 34.1 Å². The number of benzene rings is 1. The molecule has 0 bridgehead atoms. The molecule has 1 aromatic carbocycles. The lowest BCUT2D eigenvalue weighted by Gasteiger charge is -2.16. The summed E-state index contributed by atoms with van der Waals surface area (Å²) in [6, 6.07) is 6.80. The van der Waals surface area contributed by atoms with E-state index >= 15 is 0 Å². The molecule has 4 nitrogen and oxygen atoms in total. The maximum Gasteiger partial charge on any atom is 0.230 e. The van der Waals surface area contributed by atoms with Crippen molar-refractivity contribution in [2.24, 2.45) is 0 Å². The van der Waals surface area contributed by atoms with Gasteiger partial charge in [-0.05, 0) is 17.7 Å². The molecule has 2 aliphatic rings. The summed E-state index contributed by atoms with van der Waals surface area (Å²) in [5, 5.41) is 0. The Kier molecular flexibility index (Phi) is 3.14. The fourth-order valence-electron chi connectivity index (χ4n) is 2.46. The first kappa shape index (κ1) is 13.2. The van der Waals surface area contributed by atoms with Gasteiger partial charge in [-0.25, -0.2) is 0 Å². The van der Waals surface area contributed by atoms with E-state index in [0.29, 0.717) is 23.1 Å². The van der Waals surface area contributed by atoms with E-state index in [9.17, 15) is 14.4 Å². The quantitative estimate of drug-likeness (QED) is 0.586. The Morgan fingerprint density at radius 2 is 1.52 bits per heavy atom. The summed E-state index contributed by atoms with van der Waals surface area (Å²) in [6.45, 7) is 1.78. The summed E-state index contributed by atoms with van der Waals surface area (Å²) < 4.78 is 0. The fourth-order valence-corrected chi connectivity index (χ4v) is 2.46. The van der Waals surface area contributed by atoms with Gasteiger partial charge in [0.25, 0.3) is 0 Å². The summed E-state index contributed by atoms with van der Waals surface area (Å²) in [4.78, 5) is 37.7. The lowest BCUT2D eigenvalue weighted by Crippen LogP contribution is -2.20. The minimum Gasteiger partial charge on any atom is -0.295 e. The Bertz CT molecular complexity index is 700. The molecule has 0 aromatic heterocycles. The highest BCUT2D eigenvalue weighted by Crippen LogP contribution is 2.30. The highest BCUT2D eigenvalue weighted by atomic mass is 16.2. The molecule has 0 spiro atoms. The second-order valence-corrected chi connectivity index (χ2v) is 4.82. The number of hydrogen-bond acceptors (Lipinski definition) is 3. The summed E-state index contributed by atoms with van der Waals surface area (Å²) >= 11 is 0. The first-order valence-electron chi connectivity index (χ1n) is 6.73. The van der Waals surface area contributed by atoms with E-state index in [2.05, 4.69) is 0 Å². The third kappa shape index (κ3) is 2.05. The molecule has 0 atom stereocenters. The van der Waals surface area contributed by atoms with Crippen molar-refractivity contribution in [3.63, 3.8) is 0 Å². The third-order valence-electron chi connectivity index (χ3n) is 3.58. The molecule has 1 aliphatic carbocycles. The van der Waals surface area contributed by atoms with Crippen LogP contribution >= 0.6 is 0 Å². The summed E-state index contributed by atoms with van der Waals surface area (Å²) in [5.74, 6) is -0.552. The highest BCUT2D eigenvalue weighted by Gasteiger charge is 2.34. The van der Waals surface area contributed by atoms with Gasteiger partial charge in [0.05, 0.1) is 5.57 Å². The second kappa shape index (κ2) is 4.98. The van der Waals surface area contributed by atoms with Crippen LogP contribution in [0.2, 0.25) is 0 Å². The van der Waals surface area contributed by atoms with Crippen molar-refractivity contribution in [2.75, 3.05) is 0 Å². The van der Waals surface area contributed by atoms with Gasteiger partial charge in [-0.15, -0.1) is 0 Å². The number of nitrogens with zero attached hydrogens (tertiary/aromatic N) is 1. The van der Waals surface area contributed by atoms with E-state index in [1.807, 2.05) is 0 Å². The van der Waals surface area contributed by atoms with Gasteiger partial charge < -0.3 is 0 Å². The van der Waals surface area contributed by atoms with Crippen LogP contribution in [-0.2, 0) is 4.79 Å². The molecule has 104 valence electrons. The van der Waals surface area contributed by atoms with Gasteiger partial charge in [0.2, 0.25) is 5.91 Å². The summed E-state index contributed by atoms with van der Waals surface area (Å²) in [7, 11) is 0. The number of amides is 1. The number of hydrogen-bond donors (Lipinski definition) is 0. The van der Waals surface area contributed by atoms with Crippen LogP contribution in [-0.4, -0.2) is 22.4 Å². The highest BCUT2D eigenvalue weighted by molar-refractivity contribution is 6.40. The molecule has 1 heterocycles. The van der Waals surface area contributed by atoms with Crippen molar-refractivity contribution in [3.05, 3.63) is 71.1 Å². The van der Waals surface area contributed by atoms with E-state index < -0.39 is 0 Å². The summed E-state index contributed by atoms with van der Waals surface area (Å²) in [6.07, 6.45) is 6.81. The number of fused-ring (bicyclic) bond motifs is 1. The van der Waals surface area contributed by atoms with E-state index in [1.165, 1.54) is 4.90 Å². The van der Waals surface area contributed by atoms with Gasteiger partial charge in [-0.2, -0.15) is 0 Å². The van der Waals surface area contributed by atoms with Crippen LogP contribution in [0.5, 0.6) is 0 Å². The molecule has 1 aromatic rings. The van der Waals surface area contributed by atoms with Crippen LogP contribution in [0, 0.1) is 0 Å². The number of carbonyl (C=O) groups excluding carboxylic acids is 3. The van der Waals surface area contributed by atoms with Crippen molar-refractivity contribution in [3.8, 4) is 0 Å². The number of rotatable bonds is 1. The molecular formula is C17H13NO3. The van der Waals surface area contributed by atoms with Gasteiger partial charge in [0.15, 0.2) is 11.6 Å². The molecule has 0 unspecified atom stereocenters. The minimum atomic E-state index is -0.254. The zero-order valence-electron chi connectivity index (χ0n) is 11.5. The van der Waals surface area contributed by atoms with Crippen LogP contribution in [0.3, 0.4) is 0 Å². The molecule has 4 heteroatoms. The van der Waals surface area contributed by atoms with E-state index in [1.54, 1.807) is 55.7 Å². The molecule has 1 aliphatic heterocycles. The molecule has 0 radical (unpaired) electrons. The van der Waals surface area contributed by atoms with Crippen molar-refractivity contribution < 1.29 is 14.4 Å². The Morgan fingerprint density at radius 1 is 1.00 bits per heavy atom. The first-order valence-corrected chi connectivity index (χ1v) is 6.73. The minimum absolute atomic E-state index is 0.0427. The molecule has 0 saturated heterocycles. The maximum atomic E-state index is 12.4. The monoisotopic (exact) mass is 279 g/mol. The standard InChI is InChI=1S/C17H13NO3/c1-2-14(19)18-9-7-11(8-10-18)15-16(20)12-5-3-4-6-13(12)17(15)21/h3-10H,2H2,1H3. The van der Waals surface area contributed by atoms with Crippen molar-refractivity contribution >= 4 is 17.5 Å². The first-order chi connectivity index (χ1) is 10.1. The zero-order valence-corrected chi connectivity index (χ0v) is 11.5. The number of Topliss-reactive ketones (excluding diaryl/α,β-unsaturated/α-hetero) is 2. The van der Waals surface area contributed by atoms with E-state index in [0.717, 1.165) is 0 Å². The zero-order chi connectivity index (χ0) is 15.0. The van der Waals surface area contributed by atoms with Gasteiger partial charge in [0, 0.05) is 29.9 Å². The topological polar surface area (TPSA) is 54.5 Å². The fraction of sp³-hybridized carbons (Fsp3) is 0.118. The molecule has 21 heavy (non-hydrogen) atoms.